The van der Waals surface area contributed by atoms with Gasteiger partial charge in [-0.25, -0.2) is 0 Å². The molecule has 108 valence electrons. The molecule has 1 saturated heterocycles. The Bertz CT molecular complexity index is 525. The summed E-state index contributed by atoms with van der Waals surface area (Å²) >= 11 is 0. The van der Waals surface area contributed by atoms with Crippen LogP contribution in [0, 0.1) is 0 Å². The second kappa shape index (κ2) is 5.95. The largest absolute Gasteiger partial charge is 0.459 e. The van der Waals surface area contributed by atoms with Crippen LogP contribution in [-0.2, 0) is 0 Å². The fraction of sp³-hybridized carbons (Fsp3) is 0.500. The number of likely N-dealkylation sites (N-methyl/N-ethyl adjacent to an activating group) is 1. The summed E-state index contributed by atoms with van der Waals surface area (Å²) in [4.78, 5) is 4.92. The summed E-state index contributed by atoms with van der Waals surface area (Å²) < 4.78 is 5.99. The van der Waals surface area contributed by atoms with Gasteiger partial charge in [-0.1, -0.05) is 25.1 Å². The molecule has 2 aromatic rings. The maximum Gasteiger partial charge on any atom is 0.134 e. The summed E-state index contributed by atoms with van der Waals surface area (Å²) in [5.41, 5.74) is 6.96. The highest BCUT2D eigenvalue weighted by atomic mass is 16.3. The third kappa shape index (κ3) is 2.59. The van der Waals surface area contributed by atoms with Gasteiger partial charge in [-0.15, -0.1) is 0 Å². The average Bonchev–Trinajstić information content (AvgIpc) is 2.92. The number of furan rings is 1. The van der Waals surface area contributed by atoms with Gasteiger partial charge in [0, 0.05) is 38.1 Å². The Balaban J connectivity index is 1.79. The van der Waals surface area contributed by atoms with Crippen molar-refractivity contribution in [2.45, 2.75) is 13.0 Å². The molecule has 0 aliphatic carbocycles. The number of benzene rings is 1. The van der Waals surface area contributed by atoms with Gasteiger partial charge in [-0.3, -0.25) is 4.90 Å². The fourth-order valence-corrected chi connectivity index (χ4v) is 3.00. The van der Waals surface area contributed by atoms with Gasteiger partial charge >= 0.3 is 0 Å². The molecule has 4 nitrogen and oxygen atoms in total. The topological polar surface area (TPSA) is 45.6 Å². The molecule has 20 heavy (non-hydrogen) atoms. The molecule has 1 aliphatic rings. The van der Waals surface area contributed by atoms with E-state index in [1.165, 1.54) is 0 Å². The second-order valence-electron chi connectivity index (χ2n) is 5.41. The molecular formula is C16H23N3O. The molecular weight excluding hydrogens is 250 g/mol. The lowest BCUT2D eigenvalue weighted by Gasteiger charge is -2.37. The summed E-state index contributed by atoms with van der Waals surface area (Å²) in [6.07, 6.45) is 0. The van der Waals surface area contributed by atoms with Crippen LogP contribution in [0.5, 0.6) is 0 Å². The molecule has 3 rings (SSSR count). The van der Waals surface area contributed by atoms with Gasteiger partial charge in [0.05, 0.1) is 6.04 Å². The van der Waals surface area contributed by atoms with Gasteiger partial charge in [0.2, 0.25) is 0 Å². The van der Waals surface area contributed by atoms with E-state index in [4.69, 9.17) is 10.2 Å². The quantitative estimate of drug-likeness (QED) is 0.926. The van der Waals surface area contributed by atoms with E-state index in [9.17, 15) is 0 Å². The SMILES string of the molecule is CCN1CCN(C(CN)c2cc3ccccc3o2)CC1. The minimum atomic E-state index is 0.196. The van der Waals surface area contributed by atoms with Crippen LogP contribution in [0.15, 0.2) is 34.7 Å². The van der Waals surface area contributed by atoms with Crippen LogP contribution in [0.3, 0.4) is 0 Å². The highest BCUT2D eigenvalue weighted by Crippen LogP contribution is 2.27. The van der Waals surface area contributed by atoms with E-state index >= 15 is 0 Å². The highest BCUT2D eigenvalue weighted by Gasteiger charge is 2.25. The van der Waals surface area contributed by atoms with E-state index in [-0.39, 0.29) is 6.04 Å². The van der Waals surface area contributed by atoms with Gasteiger partial charge in [-0.2, -0.15) is 0 Å². The smallest absolute Gasteiger partial charge is 0.134 e. The fourth-order valence-electron chi connectivity index (χ4n) is 3.00. The molecule has 1 fully saturated rings. The molecule has 2 heterocycles. The average molecular weight is 273 g/mol. The van der Waals surface area contributed by atoms with Crippen LogP contribution in [0.1, 0.15) is 18.7 Å². The van der Waals surface area contributed by atoms with Crippen molar-refractivity contribution >= 4 is 11.0 Å². The second-order valence-corrected chi connectivity index (χ2v) is 5.41. The summed E-state index contributed by atoms with van der Waals surface area (Å²) in [5, 5.41) is 1.16. The molecule has 1 aromatic heterocycles. The predicted octanol–water partition coefficient (Wildman–Crippen LogP) is 2.07. The van der Waals surface area contributed by atoms with Gasteiger partial charge in [-0.05, 0) is 18.7 Å². The van der Waals surface area contributed by atoms with Crippen molar-refractivity contribution in [1.29, 1.82) is 0 Å². The zero-order valence-electron chi connectivity index (χ0n) is 12.1. The zero-order chi connectivity index (χ0) is 13.9. The minimum Gasteiger partial charge on any atom is -0.459 e. The van der Waals surface area contributed by atoms with Crippen molar-refractivity contribution in [3.05, 3.63) is 36.1 Å². The van der Waals surface area contributed by atoms with Crippen LogP contribution in [-0.4, -0.2) is 49.1 Å². The number of piperazine rings is 1. The first kappa shape index (κ1) is 13.6. The maximum atomic E-state index is 6.01. The molecule has 2 N–H and O–H groups in total. The lowest BCUT2D eigenvalue weighted by atomic mass is 10.1. The van der Waals surface area contributed by atoms with E-state index in [1.807, 2.05) is 18.2 Å². The molecule has 0 spiro atoms. The van der Waals surface area contributed by atoms with Crippen molar-refractivity contribution in [3.63, 3.8) is 0 Å². The molecule has 0 radical (unpaired) electrons. The van der Waals surface area contributed by atoms with Crippen LogP contribution in [0.2, 0.25) is 0 Å². The lowest BCUT2D eigenvalue weighted by Crippen LogP contribution is -2.48. The number of fused-ring (bicyclic) bond motifs is 1. The number of hydrogen-bond donors (Lipinski definition) is 1. The molecule has 1 atom stereocenters. The first-order valence-corrected chi connectivity index (χ1v) is 7.46. The van der Waals surface area contributed by atoms with Gasteiger partial charge in [0.1, 0.15) is 11.3 Å². The third-order valence-electron chi connectivity index (χ3n) is 4.29. The Kier molecular flexibility index (Phi) is 4.05. The highest BCUT2D eigenvalue weighted by molar-refractivity contribution is 5.77. The summed E-state index contributed by atoms with van der Waals surface area (Å²) in [6, 6.07) is 10.5. The first-order chi connectivity index (χ1) is 9.81. The van der Waals surface area contributed by atoms with Gasteiger partial charge < -0.3 is 15.1 Å². The third-order valence-corrected chi connectivity index (χ3v) is 4.29. The van der Waals surface area contributed by atoms with Gasteiger partial charge in [0.15, 0.2) is 0 Å². The molecule has 1 aromatic carbocycles. The molecule has 0 bridgehead atoms. The lowest BCUT2D eigenvalue weighted by molar-refractivity contribution is 0.0934. The maximum absolute atomic E-state index is 6.01. The van der Waals surface area contributed by atoms with E-state index in [0.717, 1.165) is 49.5 Å². The van der Waals surface area contributed by atoms with E-state index in [2.05, 4.69) is 28.9 Å². The number of nitrogens with two attached hydrogens (primary N) is 1. The summed E-state index contributed by atoms with van der Waals surface area (Å²) in [6.45, 7) is 8.31. The van der Waals surface area contributed by atoms with Crippen LogP contribution >= 0.6 is 0 Å². The van der Waals surface area contributed by atoms with Crippen molar-refractivity contribution in [3.8, 4) is 0 Å². The van der Waals surface area contributed by atoms with Crippen LogP contribution in [0.25, 0.3) is 11.0 Å². The molecule has 0 saturated carbocycles. The van der Waals surface area contributed by atoms with Gasteiger partial charge in [0.25, 0.3) is 0 Å². The predicted molar refractivity (Wildman–Crippen MR) is 81.7 cm³/mol. The summed E-state index contributed by atoms with van der Waals surface area (Å²) in [5.74, 6) is 0.999. The Morgan fingerprint density at radius 2 is 1.95 bits per heavy atom. The monoisotopic (exact) mass is 273 g/mol. The molecule has 0 amide bonds. The number of hydrogen-bond acceptors (Lipinski definition) is 4. The molecule has 4 heteroatoms. The number of rotatable bonds is 4. The first-order valence-electron chi connectivity index (χ1n) is 7.46. The van der Waals surface area contributed by atoms with Crippen molar-refractivity contribution < 1.29 is 4.42 Å². The Morgan fingerprint density at radius 1 is 1.20 bits per heavy atom. The number of nitrogens with zero attached hydrogens (tertiary/aromatic N) is 2. The Morgan fingerprint density at radius 3 is 2.60 bits per heavy atom. The normalized spacial score (nSPS) is 19.5. The molecule has 1 unspecified atom stereocenters. The van der Waals surface area contributed by atoms with E-state index in [1.54, 1.807) is 0 Å². The van der Waals surface area contributed by atoms with Crippen LogP contribution in [0.4, 0.5) is 0 Å². The van der Waals surface area contributed by atoms with Crippen molar-refractivity contribution in [2.24, 2.45) is 5.73 Å². The standard InChI is InChI=1S/C16H23N3O/c1-2-18-7-9-19(10-8-18)14(12-17)16-11-13-5-3-4-6-15(13)20-16/h3-6,11,14H,2,7-10,12,17H2,1H3. The Labute approximate surface area is 120 Å². The molecule has 1 aliphatic heterocycles. The summed E-state index contributed by atoms with van der Waals surface area (Å²) in [7, 11) is 0. The zero-order valence-corrected chi connectivity index (χ0v) is 12.1. The minimum absolute atomic E-state index is 0.196. The van der Waals surface area contributed by atoms with E-state index < -0.39 is 0 Å². The van der Waals surface area contributed by atoms with Crippen molar-refractivity contribution in [1.82, 2.24) is 9.80 Å². The van der Waals surface area contributed by atoms with Crippen LogP contribution < -0.4 is 5.73 Å². The van der Waals surface area contributed by atoms with E-state index in [0.29, 0.717) is 6.54 Å². The van der Waals surface area contributed by atoms with Crippen molar-refractivity contribution in [2.75, 3.05) is 39.3 Å². The Hall–Kier alpha value is -1.36. The number of para-hydroxylation sites is 1.